The number of alkyl halides is 1. The maximum Gasteiger partial charge on any atom is 0.0739 e. The van der Waals surface area contributed by atoms with Crippen LogP contribution in [0.3, 0.4) is 0 Å². The van der Waals surface area contributed by atoms with Gasteiger partial charge in [-0.25, -0.2) is 0 Å². The average molecular weight is 149 g/mol. The summed E-state index contributed by atoms with van der Waals surface area (Å²) in [5, 5.41) is 0.282. The number of halogens is 1. The van der Waals surface area contributed by atoms with Crippen molar-refractivity contribution in [3.8, 4) is 0 Å². The highest BCUT2D eigenvalue weighted by Crippen LogP contribution is 2.22. The molecule has 1 heterocycles. The van der Waals surface area contributed by atoms with Gasteiger partial charge in [0.2, 0.25) is 0 Å². The summed E-state index contributed by atoms with van der Waals surface area (Å²) in [6.07, 6.45) is 3.67. The molecule has 1 aliphatic heterocycles. The van der Waals surface area contributed by atoms with Crippen molar-refractivity contribution < 1.29 is 4.74 Å². The molecule has 1 saturated heterocycles. The summed E-state index contributed by atoms with van der Waals surface area (Å²) in [5.41, 5.74) is 0. The molecule has 0 aromatic rings. The van der Waals surface area contributed by atoms with Crippen molar-refractivity contribution in [2.75, 3.05) is 6.61 Å². The molecule has 0 bridgehead atoms. The van der Waals surface area contributed by atoms with E-state index in [2.05, 4.69) is 6.92 Å². The Kier molecular flexibility index (Phi) is 2.80. The molecular weight excluding hydrogens is 136 g/mol. The third-order valence-corrected chi connectivity index (χ3v) is 2.20. The van der Waals surface area contributed by atoms with Crippen LogP contribution in [0.4, 0.5) is 0 Å². The minimum Gasteiger partial charge on any atom is -0.377 e. The van der Waals surface area contributed by atoms with Gasteiger partial charge in [-0.1, -0.05) is 13.3 Å². The standard InChI is InChI=1S/C7H13ClO/c1-2-3-7-6(8)4-5-9-7/h6-7H,2-5H2,1H3. The van der Waals surface area contributed by atoms with Crippen LogP contribution < -0.4 is 0 Å². The average Bonchev–Trinajstić information content (AvgIpc) is 2.18. The maximum absolute atomic E-state index is 5.93. The van der Waals surface area contributed by atoms with E-state index in [1.165, 1.54) is 6.42 Å². The van der Waals surface area contributed by atoms with Gasteiger partial charge in [0.25, 0.3) is 0 Å². The Morgan fingerprint density at radius 3 is 2.89 bits per heavy atom. The fraction of sp³-hybridized carbons (Fsp3) is 1.00. The largest absolute Gasteiger partial charge is 0.377 e. The first-order valence-corrected chi connectivity index (χ1v) is 4.04. The fourth-order valence-corrected chi connectivity index (χ4v) is 1.46. The normalized spacial score (nSPS) is 35.3. The lowest BCUT2D eigenvalue weighted by molar-refractivity contribution is 0.105. The summed E-state index contributed by atoms with van der Waals surface area (Å²) >= 11 is 5.93. The predicted molar refractivity (Wildman–Crippen MR) is 38.9 cm³/mol. The molecule has 1 nitrogen and oxygen atoms in total. The highest BCUT2D eigenvalue weighted by atomic mass is 35.5. The molecular formula is C7H13ClO. The molecule has 1 aliphatic rings. The van der Waals surface area contributed by atoms with Crippen molar-refractivity contribution >= 4 is 11.6 Å². The molecule has 0 radical (unpaired) electrons. The van der Waals surface area contributed by atoms with Gasteiger partial charge in [-0.2, -0.15) is 0 Å². The zero-order valence-electron chi connectivity index (χ0n) is 5.77. The number of hydrogen-bond donors (Lipinski definition) is 0. The van der Waals surface area contributed by atoms with Crippen LogP contribution in [0.25, 0.3) is 0 Å². The molecule has 0 aliphatic carbocycles. The number of ether oxygens (including phenoxy) is 1. The number of hydrogen-bond acceptors (Lipinski definition) is 1. The second kappa shape index (κ2) is 3.43. The van der Waals surface area contributed by atoms with Gasteiger partial charge < -0.3 is 4.74 Å². The topological polar surface area (TPSA) is 9.23 Å². The Morgan fingerprint density at radius 2 is 2.44 bits per heavy atom. The first-order valence-electron chi connectivity index (χ1n) is 3.60. The summed E-state index contributed by atoms with van der Waals surface area (Å²) in [6.45, 7) is 3.02. The van der Waals surface area contributed by atoms with Crippen molar-refractivity contribution in [3.63, 3.8) is 0 Å². The summed E-state index contributed by atoms with van der Waals surface area (Å²) in [4.78, 5) is 0. The van der Waals surface area contributed by atoms with E-state index in [1.54, 1.807) is 0 Å². The van der Waals surface area contributed by atoms with Crippen molar-refractivity contribution in [1.29, 1.82) is 0 Å². The molecule has 0 saturated carbocycles. The Balaban J connectivity index is 2.22. The van der Waals surface area contributed by atoms with Crippen molar-refractivity contribution in [2.45, 2.75) is 37.7 Å². The van der Waals surface area contributed by atoms with Crippen LogP contribution in [0.5, 0.6) is 0 Å². The van der Waals surface area contributed by atoms with Crippen LogP contribution >= 0.6 is 11.6 Å². The van der Waals surface area contributed by atoms with Gasteiger partial charge in [-0.05, 0) is 12.8 Å². The molecule has 0 N–H and O–H groups in total. The minimum absolute atomic E-state index is 0.282. The van der Waals surface area contributed by atoms with Gasteiger partial charge in [-0.3, -0.25) is 0 Å². The Labute approximate surface area is 61.3 Å². The van der Waals surface area contributed by atoms with Gasteiger partial charge in [0.05, 0.1) is 11.5 Å². The third-order valence-electron chi connectivity index (χ3n) is 1.70. The van der Waals surface area contributed by atoms with Crippen LogP contribution in [-0.4, -0.2) is 18.1 Å². The highest BCUT2D eigenvalue weighted by Gasteiger charge is 2.24. The zero-order chi connectivity index (χ0) is 6.69. The van der Waals surface area contributed by atoms with E-state index < -0.39 is 0 Å². The lowest BCUT2D eigenvalue weighted by Gasteiger charge is -2.09. The van der Waals surface area contributed by atoms with E-state index in [0.29, 0.717) is 6.10 Å². The highest BCUT2D eigenvalue weighted by molar-refractivity contribution is 6.21. The molecule has 2 atom stereocenters. The Bertz CT molecular complexity index is 85.0. The first-order chi connectivity index (χ1) is 4.34. The lowest BCUT2D eigenvalue weighted by Crippen LogP contribution is -2.14. The lowest BCUT2D eigenvalue weighted by atomic mass is 10.1. The van der Waals surface area contributed by atoms with Gasteiger partial charge in [0, 0.05) is 6.61 Å². The van der Waals surface area contributed by atoms with E-state index >= 15 is 0 Å². The van der Waals surface area contributed by atoms with Gasteiger partial charge in [0.15, 0.2) is 0 Å². The summed E-state index contributed by atoms with van der Waals surface area (Å²) in [6, 6.07) is 0. The van der Waals surface area contributed by atoms with Crippen molar-refractivity contribution in [1.82, 2.24) is 0 Å². The molecule has 0 amide bonds. The van der Waals surface area contributed by atoms with E-state index in [-0.39, 0.29) is 5.38 Å². The Morgan fingerprint density at radius 1 is 1.67 bits per heavy atom. The molecule has 2 unspecified atom stereocenters. The van der Waals surface area contributed by atoms with Crippen molar-refractivity contribution in [3.05, 3.63) is 0 Å². The molecule has 0 aromatic carbocycles. The fourth-order valence-electron chi connectivity index (χ4n) is 1.17. The smallest absolute Gasteiger partial charge is 0.0739 e. The van der Waals surface area contributed by atoms with E-state index in [4.69, 9.17) is 16.3 Å². The maximum atomic E-state index is 5.93. The first kappa shape index (κ1) is 7.36. The summed E-state index contributed by atoms with van der Waals surface area (Å²) < 4.78 is 5.37. The molecule has 0 spiro atoms. The van der Waals surface area contributed by atoms with E-state index in [9.17, 15) is 0 Å². The monoisotopic (exact) mass is 148 g/mol. The third kappa shape index (κ3) is 1.84. The van der Waals surface area contributed by atoms with Gasteiger partial charge >= 0.3 is 0 Å². The summed E-state index contributed by atoms with van der Waals surface area (Å²) in [7, 11) is 0. The number of rotatable bonds is 2. The van der Waals surface area contributed by atoms with Crippen LogP contribution in [0.15, 0.2) is 0 Å². The van der Waals surface area contributed by atoms with E-state index in [0.717, 1.165) is 19.4 Å². The molecule has 54 valence electrons. The van der Waals surface area contributed by atoms with Crippen LogP contribution in [-0.2, 0) is 4.74 Å². The van der Waals surface area contributed by atoms with Gasteiger partial charge in [0.1, 0.15) is 0 Å². The SMILES string of the molecule is CCCC1OCCC1Cl. The van der Waals surface area contributed by atoms with Gasteiger partial charge in [-0.15, -0.1) is 11.6 Å². The zero-order valence-corrected chi connectivity index (χ0v) is 6.53. The molecule has 2 heteroatoms. The van der Waals surface area contributed by atoms with Crippen LogP contribution in [0.1, 0.15) is 26.2 Å². The summed E-state index contributed by atoms with van der Waals surface area (Å²) in [5.74, 6) is 0. The predicted octanol–water partition coefficient (Wildman–Crippen LogP) is 2.18. The molecule has 1 rings (SSSR count). The minimum atomic E-state index is 0.282. The Hall–Kier alpha value is 0.250. The van der Waals surface area contributed by atoms with Crippen molar-refractivity contribution in [2.24, 2.45) is 0 Å². The second-order valence-electron chi connectivity index (χ2n) is 2.50. The second-order valence-corrected chi connectivity index (χ2v) is 3.06. The van der Waals surface area contributed by atoms with Crippen LogP contribution in [0, 0.1) is 0 Å². The molecule has 0 aromatic heterocycles. The van der Waals surface area contributed by atoms with E-state index in [1.807, 2.05) is 0 Å². The quantitative estimate of drug-likeness (QED) is 0.546. The molecule has 9 heavy (non-hydrogen) atoms. The molecule has 1 fully saturated rings. The van der Waals surface area contributed by atoms with Crippen LogP contribution in [0.2, 0.25) is 0 Å².